The summed E-state index contributed by atoms with van der Waals surface area (Å²) in [5, 5.41) is 11.4. The molecule has 3 rings (SSSR count). The topological polar surface area (TPSA) is 37.5 Å². The number of rotatable bonds is 1. The van der Waals surface area contributed by atoms with Gasteiger partial charge in [-0.3, -0.25) is 4.40 Å². The van der Waals surface area contributed by atoms with E-state index in [1.165, 1.54) is 0 Å². The van der Waals surface area contributed by atoms with Crippen LogP contribution < -0.4 is 0 Å². The summed E-state index contributed by atoms with van der Waals surface area (Å²) in [6.07, 6.45) is 3.48. The van der Waals surface area contributed by atoms with Crippen LogP contribution >= 0.6 is 11.3 Å². The second-order valence-corrected chi connectivity index (χ2v) is 4.19. The normalized spacial score (nSPS) is 10.9. The van der Waals surface area contributed by atoms with Crippen molar-refractivity contribution in [2.45, 2.75) is 0 Å². The van der Waals surface area contributed by atoms with Crippen LogP contribution in [0.4, 0.5) is 0 Å². The maximum Gasteiger partial charge on any atom is 0.154 e. The monoisotopic (exact) mass is 216 g/mol. The Morgan fingerprint density at radius 1 is 1.27 bits per heavy atom. The third-order valence-corrected chi connectivity index (χ3v) is 3.12. The van der Waals surface area contributed by atoms with Gasteiger partial charge in [-0.2, -0.15) is 0 Å². The van der Waals surface area contributed by atoms with Crippen molar-refractivity contribution in [3.8, 4) is 16.5 Å². The fraction of sp³-hybridized carbons (Fsp3) is 0. The predicted molar refractivity (Wildman–Crippen MR) is 60.2 cm³/mol. The zero-order valence-corrected chi connectivity index (χ0v) is 8.61. The molecule has 4 heteroatoms. The maximum atomic E-state index is 9.43. The molecule has 0 aromatic carbocycles. The Hall–Kier alpha value is -1.81. The van der Waals surface area contributed by atoms with Crippen LogP contribution in [0, 0.1) is 0 Å². The first-order valence-corrected chi connectivity index (χ1v) is 5.42. The Labute approximate surface area is 90.3 Å². The Bertz CT molecular complexity index is 598. The average molecular weight is 216 g/mol. The van der Waals surface area contributed by atoms with Gasteiger partial charge in [0.1, 0.15) is 5.75 Å². The molecule has 3 heterocycles. The van der Waals surface area contributed by atoms with Crippen LogP contribution in [0.25, 0.3) is 16.2 Å². The molecule has 74 valence electrons. The molecule has 0 bridgehead atoms. The summed E-state index contributed by atoms with van der Waals surface area (Å²) in [6.45, 7) is 0. The molecule has 0 unspecified atom stereocenters. The van der Waals surface area contributed by atoms with Gasteiger partial charge in [0.2, 0.25) is 0 Å². The summed E-state index contributed by atoms with van der Waals surface area (Å²) in [4.78, 5) is 5.44. The number of thiophene rings is 1. The smallest absolute Gasteiger partial charge is 0.154 e. The van der Waals surface area contributed by atoms with Gasteiger partial charge in [-0.15, -0.1) is 11.3 Å². The first-order chi connectivity index (χ1) is 7.34. The quantitative estimate of drug-likeness (QED) is 0.679. The molecule has 3 aromatic rings. The van der Waals surface area contributed by atoms with E-state index in [2.05, 4.69) is 4.98 Å². The van der Waals surface area contributed by atoms with Crippen molar-refractivity contribution in [3.05, 3.63) is 42.0 Å². The van der Waals surface area contributed by atoms with E-state index >= 15 is 0 Å². The molecule has 1 N–H and O–H groups in total. The minimum Gasteiger partial charge on any atom is -0.506 e. The van der Waals surface area contributed by atoms with Crippen LogP contribution in [-0.4, -0.2) is 14.5 Å². The molecule has 0 aliphatic heterocycles. The lowest BCUT2D eigenvalue weighted by Gasteiger charge is -1.99. The fourth-order valence-corrected chi connectivity index (χ4v) is 2.28. The highest BCUT2D eigenvalue weighted by Gasteiger charge is 2.06. The van der Waals surface area contributed by atoms with Gasteiger partial charge in [0.15, 0.2) is 5.82 Å². The molecular formula is C11H8N2OS. The van der Waals surface area contributed by atoms with E-state index in [1.54, 1.807) is 29.8 Å². The van der Waals surface area contributed by atoms with Gasteiger partial charge in [-0.25, -0.2) is 4.98 Å². The van der Waals surface area contributed by atoms with Crippen LogP contribution in [0.3, 0.4) is 0 Å². The lowest BCUT2D eigenvalue weighted by molar-refractivity contribution is 0.472. The van der Waals surface area contributed by atoms with E-state index in [0.29, 0.717) is 0 Å². The zero-order chi connectivity index (χ0) is 10.3. The highest BCUT2D eigenvalue weighted by atomic mass is 32.1. The Balaban J connectivity index is 2.32. The molecule has 0 aliphatic carbocycles. The van der Waals surface area contributed by atoms with E-state index in [9.17, 15) is 5.11 Å². The highest BCUT2D eigenvalue weighted by molar-refractivity contribution is 7.13. The van der Waals surface area contributed by atoms with E-state index in [1.807, 2.05) is 28.0 Å². The number of hydrogen-bond donors (Lipinski definition) is 1. The van der Waals surface area contributed by atoms with E-state index in [-0.39, 0.29) is 5.75 Å². The van der Waals surface area contributed by atoms with Crippen LogP contribution in [0.1, 0.15) is 0 Å². The van der Waals surface area contributed by atoms with Gasteiger partial charge >= 0.3 is 0 Å². The minimum absolute atomic E-state index is 0.248. The summed E-state index contributed by atoms with van der Waals surface area (Å²) in [6, 6.07) is 7.52. The van der Waals surface area contributed by atoms with Crippen molar-refractivity contribution >= 4 is 16.9 Å². The second kappa shape index (κ2) is 3.10. The van der Waals surface area contributed by atoms with Gasteiger partial charge in [-0.05, 0) is 23.6 Å². The lowest BCUT2D eigenvalue weighted by Crippen LogP contribution is -1.86. The molecule has 0 radical (unpaired) electrons. The molecule has 0 fully saturated rings. The van der Waals surface area contributed by atoms with Crippen LogP contribution in [-0.2, 0) is 0 Å². The zero-order valence-electron chi connectivity index (χ0n) is 7.79. The van der Waals surface area contributed by atoms with Crippen molar-refractivity contribution in [3.63, 3.8) is 0 Å². The SMILES string of the molecule is Oc1ccc2cnc(-c3cccs3)n2c1. The predicted octanol–water partition coefficient (Wildman–Crippen LogP) is 2.77. The average Bonchev–Trinajstić information content (AvgIpc) is 2.83. The summed E-state index contributed by atoms with van der Waals surface area (Å²) >= 11 is 1.64. The summed E-state index contributed by atoms with van der Waals surface area (Å²) in [5.41, 5.74) is 0.983. The molecule has 0 aliphatic rings. The molecular weight excluding hydrogens is 208 g/mol. The van der Waals surface area contributed by atoms with Crippen LogP contribution in [0.2, 0.25) is 0 Å². The Morgan fingerprint density at radius 3 is 3.00 bits per heavy atom. The third-order valence-electron chi connectivity index (χ3n) is 2.25. The van der Waals surface area contributed by atoms with Crippen LogP contribution in [0.5, 0.6) is 5.75 Å². The number of hydrogen-bond acceptors (Lipinski definition) is 3. The Kier molecular flexibility index (Phi) is 1.76. The van der Waals surface area contributed by atoms with Gasteiger partial charge in [0.25, 0.3) is 0 Å². The molecule has 3 aromatic heterocycles. The standard InChI is InChI=1S/C11H8N2OS/c14-9-4-3-8-6-12-11(13(8)7-9)10-2-1-5-15-10/h1-7,14H. The second-order valence-electron chi connectivity index (χ2n) is 3.24. The number of pyridine rings is 1. The van der Waals surface area contributed by atoms with E-state index < -0.39 is 0 Å². The first-order valence-electron chi connectivity index (χ1n) is 4.54. The van der Waals surface area contributed by atoms with Gasteiger partial charge in [0.05, 0.1) is 22.8 Å². The molecule has 0 atom stereocenters. The van der Waals surface area contributed by atoms with Gasteiger partial charge in [0, 0.05) is 0 Å². The number of aromatic hydroxyl groups is 1. The van der Waals surface area contributed by atoms with Crippen molar-refractivity contribution in [1.29, 1.82) is 0 Å². The van der Waals surface area contributed by atoms with Gasteiger partial charge in [-0.1, -0.05) is 6.07 Å². The third kappa shape index (κ3) is 1.30. The maximum absolute atomic E-state index is 9.43. The fourth-order valence-electron chi connectivity index (χ4n) is 1.57. The van der Waals surface area contributed by atoms with Gasteiger partial charge < -0.3 is 5.11 Å². The molecule has 0 saturated carbocycles. The molecule has 0 amide bonds. The number of aromatic nitrogens is 2. The van der Waals surface area contributed by atoms with E-state index in [0.717, 1.165) is 16.2 Å². The van der Waals surface area contributed by atoms with Crippen LogP contribution in [0.15, 0.2) is 42.0 Å². The largest absolute Gasteiger partial charge is 0.506 e. The molecule has 0 saturated heterocycles. The summed E-state index contributed by atoms with van der Waals surface area (Å²) < 4.78 is 1.89. The molecule has 0 spiro atoms. The summed E-state index contributed by atoms with van der Waals surface area (Å²) in [7, 11) is 0. The first kappa shape index (κ1) is 8.49. The minimum atomic E-state index is 0.248. The number of imidazole rings is 1. The van der Waals surface area contributed by atoms with Crippen molar-refractivity contribution in [1.82, 2.24) is 9.38 Å². The van der Waals surface area contributed by atoms with Crippen molar-refractivity contribution in [2.24, 2.45) is 0 Å². The lowest BCUT2D eigenvalue weighted by atomic mass is 10.4. The van der Waals surface area contributed by atoms with Crippen molar-refractivity contribution in [2.75, 3.05) is 0 Å². The van der Waals surface area contributed by atoms with E-state index in [4.69, 9.17) is 0 Å². The van der Waals surface area contributed by atoms with Crippen molar-refractivity contribution < 1.29 is 5.11 Å². The number of nitrogens with zero attached hydrogens (tertiary/aromatic N) is 2. The highest BCUT2D eigenvalue weighted by Crippen LogP contribution is 2.25. The number of fused-ring (bicyclic) bond motifs is 1. The Morgan fingerprint density at radius 2 is 2.20 bits per heavy atom. The molecule has 15 heavy (non-hydrogen) atoms. The summed E-state index contributed by atoms with van der Waals surface area (Å²) in [5.74, 6) is 1.12. The molecule has 3 nitrogen and oxygen atoms in total.